The van der Waals surface area contributed by atoms with Gasteiger partial charge < -0.3 is 10.3 Å². The molecule has 0 bridgehead atoms. The molecule has 5 nitrogen and oxygen atoms in total. The van der Waals surface area contributed by atoms with Crippen molar-refractivity contribution in [2.45, 2.75) is 26.8 Å². The fraction of sp³-hybridized carbons (Fsp3) is 0.286. The molecule has 3 N–H and O–H groups in total. The predicted molar refractivity (Wildman–Crippen MR) is 80.2 cm³/mol. The third-order valence-electron chi connectivity index (χ3n) is 3.02. The Balaban J connectivity index is 0.00000200. The molecule has 0 radical (unpaired) electrons. The fourth-order valence-electron chi connectivity index (χ4n) is 1.87. The molecule has 0 saturated carbocycles. The van der Waals surface area contributed by atoms with Crippen molar-refractivity contribution in [1.82, 2.24) is 5.16 Å². The van der Waals surface area contributed by atoms with Crippen LogP contribution in [0.4, 0.5) is 5.88 Å². The molecule has 2 rings (SSSR count). The maximum atomic E-state index is 12.1. The van der Waals surface area contributed by atoms with Crippen molar-refractivity contribution in [3.05, 3.63) is 46.6 Å². The van der Waals surface area contributed by atoms with Crippen LogP contribution >= 0.6 is 12.4 Å². The van der Waals surface area contributed by atoms with Gasteiger partial charge >= 0.3 is 0 Å². The first-order valence-electron chi connectivity index (χ1n) is 6.21. The summed E-state index contributed by atoms with van der Waals surface area (Å²) in [5.41, 5.74) is 8.79. The second-order valence-corrected chi connectivity index (χ2v) is 4.28. The number of amides is 1. The Labute approximate surface area is 123 Å². The van der Waals surface area contributed by atoms with Gasteiger partial charge in [-0.3, -0.25) is 10.1 Å². The molecule has 0 fully saturated rings. The van der Waals surface area contributed by atoms with Crippen molar-refractivity contribution in [2.24, 2.45) is 5.73 Å². The lowest BCUT2D eigenvalue weighted by Gasteiger charge is -2.04. The van der Waals surface area contributed by atoms with Gasteiger partial charge in [-0.15, -0.1) is 12.4 Å². The minimum atomic E-state index is -0.213. The predicted octanol–water partition coefficient (Wildman–Crippen LogP) is 2.68. The Bertz CT molecular complexity index is 579. The summed E-state index contributed by atoms with van der Waals surface area (Å²) < 4.78 is 5.12. The monoisotopic (exact) mass is 295 g/mol. The number of nitrogens with two attached hydrogens (primary N) is 1. The Morgan fingerprint density at radius 3 is 2.55 bits per heavy atom. The van der Waals surface area contributed by atoms with E-state index in [1.54, 1.807) is 12.1 Å². The van der Waals surface area contributed by atoms with Gasteiger partial charge in [0, 0.05) is 17.7 Å². The molecule has 1 aromatic carbocycles. The summed E-state index contributed by atoms with van der Waals surface area (Å²) in [6.45, 7) is 4.31. The van der Waals surface area contributed by atoms with E-state index in [0.717, 1.165) is 23.2 Å². The average molecular weight is 296 g/mol. The van der Waals surface area contributed by atoms with E-state index in [4.69, 9.17) is 10.3 Å². The molecule has 0 unspecified atom stereocenters. The number of benzene rings is 1. The molecule has 0 atom stereocenters. The van der Waals surface area contributed by atoms with Gasteiger partial charge in [-0.05, 0) is 31.0 Å². The van der Waals surface area contributed by atoms with Crippen LogP contribution in [0, 0.1) is 6.92 Å². The summed E-state index contributed by atoms with van der Waals surface area (Å²) in [4.78, 5) is 12.1. The van der Waals surface area contributed by atoms with E-state index in [-0.39, 0.29) is 18.3 Å². The van der Waals surface area contributed by atoms with Gasteiger partial charge in [0.15, 0.2) is 0 Å². The topological polar surface area (TPSA) is 81.2 Å². The van der Waals surface area contributed by atoms with E-state index >= 15 is 0 Å². The third-order valence-corrected chi connectivity index (χ3v) is 3.02. The van der Waals surface area contributed by atoms with Crippen molar-refractivity contribution >= 4 is 24.2 Å². The van der Waals surface area contributed by atoms with Crippen LogP contribution in [0.15, 0.2) is 28.8 Å². The van der Waals surface area contributed by atoms with E-state index in [2.05, 4.69) is 10.5 Å². The lowest BCUT2D eigenvalue weighted by Crippen LogP contribution is -2.12. The van der Waals surface area contributed by atoms with Crippen molar-refractivity contribution in [3.63, 3.8) is 0 Å². The second-order valence-electron chi connectivity index (χ2n) is 4.28. The first-order valence-corrected chi connectivity index (χ1v) is 6.21. The Hall–Kier alpha value is -1.85. The zero-order valence-corrected chi connectivity index (χ0v) is 12.3. The first-order chi connectivity index (χ1) is 9.15. The van der Waals surface area contributed by atoms with Crippen LogP contribution in [0.5, 0.6) is 0 Å². The minimum Gasteiger partial charge on any atom is -0.338 e. The highest BCUT2D eigenvalue weighted by Gasteiger charge is 2.14. The number of halogens is 1. The van der Waals surface area contributed by atoms with Crippen LogP contribution in [0.3, 0.4) is 0 Å². The normalized spacial score (nSPS) is 9.95. The fourth-order valence-corrected chi connectivity index (χ4v) is 1.87. The number of anilines is 1. The lowest BCUT2D eigenvalue weighted by molar-refractivity contribution is 0.102. The van der Waals surface area contributed by atoms with E-state index in [0.29, 0.717) is 18.0 Å². The molecule has 2 aromatic rings. The Morgan fingerprint density at radius 2 is 2.00 bits per heavy atom. The van der Waals surface area contributed by atoms with Crippen molar-refractivity contribution in [3.8, 4) is 0 Å². The van der Waals surface area contributed by atoms with Gasteiger partial charge in [-0.2, -0.15) is 0 Å². The van der Waals surface area contributed by atoms with Gasteiger partial charge in [0.25, 0.3) is 5.91 Å². The van der Waals surface area contributed by atoms with Crippen LogP contribution in [0.25, 0.3) is 0 Å². The number of nitrogens with zero attached hydrogens (tertiary/aromatic N) is 1. The molecule has 1 aromatic heterocycles. The maximum absolute atomic E-state index is 12.1. The number of carbonyl (C=O) groups excluding carboxylic acids is 1. The van der Waals surface area contributed by atoms with Crippen molar-refractivity contribution < 1.29 is 9.32 Å². The number of carbonyl (C=O) groups is 1. The van der Waals surface area contributed by atoms with E-state index in [9.17, 15) is 4.79 Å². The standard InChI is InChI=1S/C14H17N3O2.ClH/c1-3-12-9(2)17-19-14(12)16-13(18)11-6-4-10(8-15)5-7-11;/h4-7H,3,8,15H2,1-2H3,(H,16,18);1H. The molecule has 0 aliphatic heterocycles. The van der Waals surface area contributed by atoms with Gasteiger partial charge in [0.2, 0.25) is 5.88 Å². The van der Waals surface area contributed by atoms with Gasteiger partial charge in [0.1, 0.15) is 0 Å². The zero-order chi connectivity index (χ0) is 13.8. The summed E-state index contributed by atoms with van der Waals surface area (Å²) in [7, 11) is 0. The molecular formula is C14H18ClN3O2. The molecule has 0 aliphatic rings. The summed E-state index contributed by atoms with van der Waals surface area (Å²) in [6, 6.07) is 7.15. The highest BCUT2D eigenvalue weighted by molar-refractivity contribution is 6.03. The number of aryl methyl sites for hydroxylation is 1. The van der Waals surface area contributed by atoms with Crippen LogP contribution in [0.1, 0.15) is 34.1 Å². The van der Waals surface area contributed by atoms with E-state index in [1.165, 1.54) is 0 Å². The molecule has 1 heterocycles. The molecule has 0 spiro atoms. The average Bonchev–Trinajstić information content (AvgIpc) is 2.79. The molecule has 20 heavy (non-hydrogen) atoms. The summed E-state index contributed by atoms with van der Waals surface area (Å²) in [5.74, 6) is 0.210. The van der Waals surface area contributed by atoms with Gasteiger partial charge in [-0.1, -0.05) is 24.2 Å². The second kappa shape index (κ2) is 7.07. The zero-order valence-electron chi connectivity index (χ0n) is 11.5. The van der Waals surface area contributed by atoms with Crippen LogP contribution in [0.2, 0.25) is 0 Å². The molecule has 0 saturated heterocycles. The van der Waals surface area contributed by atoms with E-state index < -0.39 is 0 Å². The van der Waals surface area contributed by atoms with Crippen molar-refractivity contribution in [2.75, 3.05) is 5.32 Å². The molecule has 6 heteroatoms. The van der Waals surface area contributed by atoms with Gasteiger partial charge in [0.05, 0.1) is 5.69 Å². The van der Waals surface area contributed by atoms with E-state index in [1.807, 2.05) is 26.0 Å². The molecule has 108 valence electrons. The van der Waals surface area contributed by atoms with Crippen LogP contribution in [-0.4, -0.2) is 11.1 Å². The quantitative estimate of drug-likeness (QED) is 0.908. The summed E-state index contributed by atoms with van der Waals surface area (Å²) >= 11 is 0. The highest BCUT2D eigenvalue weighted by Crippen LogP contribution is 2.20. The molecule has 0 aliphatic carbocycles. The number of nitrogens with one attached hydrogen (secondary N) is 1. The molecule has 1 amide bonds. The third kappa shape index (κ3) is 3.37. The Morgan fingerprint density at radius 1 is 1.35 bits per heavy atom. The maximum Gasteiger partial charge on any atom is 0.258 e. The van der Waals surface area contributed by atoms with Crippen LogP contribution < -0.4 is 11.1 Å². The van der Waals surface area contributed by atoms with Crippen LogP contribution in [-0.2, 0) is 13.0 Å². The lowest BCUT2D eigenvalue weighted by atomic mass is 10.1. The smallest absolute Gasteiger partial charge is 0.258 e. The number of rotatable bonds is 4. The van der Waals surface area contributed by atoms with Crippen molar-refractivity contribution in [1.29, 1.82) is 0 Å². The molecular weight excluding hydrogens is 278 g/mol. The summed E-state index contributed by atoms with van der Waals surface area (Å²) in [5, 5.41) is 6.59. The highest BCUT2D eigenvalue weighted by atomic mass is 35.5. The number of aromatic nitrogens is 1. The Kier molecular flexibility index (Phi) is 5.73. The largest absolute Gasteiger partial charge is 0.338 e. The first kappa shape index (κ1) is 16.2. The summed E-state index contributed by atoms with van der Waals surface area (Å²) in [6.07, 6.45) is 0.761. The number of hydrogen-bond donors (Lipinski definition) is 2. The van der Waals surface area contributed by atoms with Gasteiger partial charge in [-0.25, -0.2) is 0 Å². The minimum absolute atomic E-state index is 0. The SMILES string of the molecule is CCc1c(C)noc1NC(=O)c1ccc(CN)cc1.Cl. The number of hydrogen-bond acceptors (Lipinski definition) is 4.